The quantitative estimate of drug-likeness (QED) is 0.863. The van der Waals surface area contributed by atoms with E-state index in [9.17, 15) is 9.59 Å². The molecule has 1 aliphatic rings. The highest BCUT2D eigenvalue weighted by molar-refractivity contribution is 7.09. The molecular weight excluding hydrogens is 360 g/mol. The van der Waals surface area contributed by atoms with E-state index in [0.29, 0.717) is 31.7 Å². The Hall–Kier alpha value is -1.96. The zero-order valence-electron chi connectivity index (χ0n) is 13.9. The molecule has 0 bridgehead atoms. The lowest BCUT2D eigenvalue weighted by molar-refractivity contribution is -0.120. The second-order valence-electron chi connectivity index (χ2n) is 5.55. The van der Waals surface area contributed by atoms with E-state index in [4.69, 9.17) is 5.73 Å². The third-order valence-corrected chi connectivity index (χ3v) is 5.04. The standard InChI is InChI=1S/C17H20N4O2S.ClH/c1-2-20(16(22)13-11-24-15(10-18)19-13)14-8-9-21(17(14)23)12-6-4-3-5-7-12;/h3-7,11,14H,2,8-10,18H2,1H3;1H. The van der Waals surface area contributed by atoms with E-state index in [1.807, 2.05) is 37.3 Å². The normalized spacial score (nSPS) is 16.6. The number of nitrogens with zero attached hydrogens (tertiary/aromatic N) is 3. The first-order valence-electron chi connectivity index (χ1n) is 7.97. The van der Waals surface area contributed by atoms with Gasteiger partial charge in [-0.25, -0.2) is 4.98 Å². The molecule has 0 spiro atoms. The van der Waals surface area contributed by atoms with Crippen molar-refractivity contribution in [3.63, 3.8) is 0 Å². The molecule has 1 aromatic heterocycles. The van der Waals surface area contributed by atoms with Crippen LogP contribution in [-0.4, -0.2) is 40.8 Å². The Morgan fingerprint density at radius 1 is 1.40 bits per heavy atom. The van der Waals surface area contributed by atoms with Crippen molar-refractivity contribution in [3.8, 4) is 0 Å². The van der Waals surface area contributed by atoms with Crippen LogP contribution in [0.5, 0.6) is 0 Å². The lowest BCUT2D eigenvalue weighted by Crippen LogP contribution is -2.45. The molecule has 8 heteroatoms. The van der Waals surface area contributed by atoms with E-state index >= 15 is 0 Å². The van der Waals surface area contributed by atoms with Gasteiger partial charge < -0.3 is 15.5 Å². The third-order valence-electron chi connectivity index (χ3n) is 4.17. The molecular formula is C17H21ClN4O2S. The van der Waals surface area contributed by atoms with Crippen LogP contribution in [0.15, 0.2) is 35.7 Å². The molecule has 1 aliphatic heterocycles. The summed E-state index contributed by atoms with van der Waals surface area (Å²) in [5.74, 6) is -0.243. The van der Waals surface area contributed by atoms with Crippen molar-refractivity contribution >= 4 is 41.2 Å². The van der Waals surface area contributed by atoms with Crippen molar-refractivity contribution in [2.75, 3.05) is 18.0 Å². The van der Waals surface area contributed by atoms with Crippen LogP contribution in [0.25, 0.3) is 0 Å². The summed E-state index contributed by atoms with van der Waals surface area (Å²) in [4.78, 5) is 33.1. The SMILES string of the molecule is CCN(C(=O)c1csc(CN)n1)C1CCN(c2ccccc2)C1=O.Cl. The number of rotatable bonds is 5. The molecule has 1 saturated heterocycles. The summed E-state index contributed by atoms with van der Waals surface area (Å²) >= 11 is 1.37. The summed E-state index contributed by atoms with van der Waals surface area (Å²) in [6, 6.07) is 9.11. The number of benzene rings is 1. The van der Waals surface area contributed by atoms with Crippen LogP contribution in [0.2, 0.25) is 0 Å². The van der Waals surface area contributed by atoms with Crippen LogP contribution in [0.3, 0.4) is 0 Å². The van der Waals surface area contributed by atoms with E-state index in [1.165, 1.54) is 11.3 Å². The lowest BCUT2D eigenvalue weighted by Gasteiger charge is -2.26. The maximum Gasteiger partial charge on any atom is 0.274 e. The Bertz CT molecular complexity index is 737. The first-order valence-corrected chi connectivity index (χ1v) is 8.85. The molecule has 0 saturated carbocycles. The minimum absolute atomic E-state index is 0. The van der Waals surface area contributed by atoms with Crippen molar-refractivity contribution in [1.29, 1.82) is 0 Å². The maximum absolute atomic E-state index is 12.8. The fraction of sp³-hybridized carbons (Fsp3) is 0.353. The Labute approximate surface area is 157 Å². The molecule has 2 heterocycles. The van der Waals surface area contributed by atoms with Crippen molar-refractivity contribution in [1.82, 2.24) is 9.88 Å². The third kappa shape index (κ3) is 3.84. The molecule has 0 radical (unpaired) electrons. The molecule has 2 N–H and O–H groups in total. The van der Waals surface area contributed by atoms with Gasteiger partial charge >= 0.3 is 0 Å². The summed E-state index contributed by atoms with van der Waals surface area (Å²) in [6.07, 6.45) is 0.626. The zero-order chi connectivity index (χ0) is 17.1. The number of nitrogens with two attached hydrogens (primary N) is 1. The summed E-state index contributed by atoms with van der Waals surface area (Å²) in [7, 11) is 0. The summed E-state index contributed by atoms with van der Waals surface area (Å²) in [6.45, 7) is 3.27. The van der Waals surface area contributed by atoms with Gasteiger partial charge in [0.15, 0.2) is 0 Å². The number of hydrogen-bond acceptors (Lipinski definition) is 5. The Morgan fingerprint density at radius 2 is 2.12 bits per heavy atom. The smallest absolute Gasteiger partial charge is 0.274 e. The van der Waals surface area contributed by atoms with Crippen molar-refractivity contribution < 1.29 is 9.59 Å². The van der Waals surface area contributed by atoms with Gasteiger partial charge in [0, 0.05) is 30.7 Å². The van der Waals surface area contributed by atoms with E-state index in [-0.39, 0.29) is 24.2 Å². The molecule has 134 valence electrons. The first-order chi connectivity index (χ1) is 11.7. The van der Waals surface area contributed by atoms with Gasteiger partial charge in [0.1, 0.15) is 16.7 Å². The molecule has 0 aliphatic carbocycles. The van der Waals surface area contributed by atoms with Crippen molar-refractivity contribution in [2.45, 2.75) is 25.9 Å². The number of hydrogen-bond donors (Lipinski definition) is 1. The predicted molar refractivity (Wildman–Crippen MR) is 101 cm³/mol. The van der Waals surface area contributed by atoms with Gasteiger partial charge in [0.05, 0.1) is 0 Å². The largest absolute Gasteiger partial charge is 0.325 e. The average Bonchev–Trinajstić information content (AvgIpc) is 3.24. The van der Waals surface area contributed by atoms with Crippen molar-refractivity contribution in [3.05, 3.63) is 46.4 Å². The van der Waals surface area contributed by atoms with Gasteiger partial charge in [-0.15, -0.1) is 23.7 Å². The number of anilines is 1. The van der Waals surface area contributed by atoms with Crippen LogP contribution in [-0.2, 0) is 11.3 Å². The lowest BCUT2D eigenvalue weighted by atomic mass is 10.2. The molecule has 25 heavy (non-hydrogen) atoms. The number of likely N-dealkylation sites (N-methyl/N-ethyl adjacent to an activating group) is 1. The first kappa shape index (κ1) is 19.4. The second-order valence-corrected chi connectivity index (χ2v) is 6.49. The van der Waals surface area contributed by atoms with Crippen LogP contribution in [0.1, 0.15) is 28.8 Å². The van der Waals surface area contributed by atoms with Crippen LogP contribution >= 0.6 is 23.7 Å². The van der Waals surface area contributed by atoms with Crippen LogP contribution in [0.4, 0.5) is 5.69 Å². The second kappa shape index (κ2) is 8.42. The van der Waals surface area contributed by atoms with Gasteiger partial charge in [0.2, 0.25) is 5.91 Å². The average molecular weight is 381 g/mol. The Kier molecular flexibility index (Phi) is 6.52. The summed E-state index contributed by atoms with van der Waals surface area (Å²) in [5, 5.41) is 2.43. The number of carbonyl (C=O) groups is 2. The van der Waals surface area contributed by atoms with Crippen LogP contribution in [0, 0.1) is 0 Å². The van der Waals surface area contributed by atoms with E-state index in [2.05, 4.69) is 4.98 Å². The highest BCUT2D eigenvalue weighted by Crippen LogP contribution is 2.25. The monoisotopic (exact) mass is 380 g/mol. The zero-order valence-corrected chi connectivity index (χ0v) is 15.6. The van der Waals surface area contributed by atoms with Gasteiger partial charge in [-0.1, -0.05) is 18.2 Å². The highest BCUT2D eigenvalue weighted by atomic mass is 35.5. The van der Waals surface area contributed by atoms with E-state index in [0.717, 1.165) is 10.7 Å². The molecule has 1 unspecified atom stereocenters. The number of thiazole rings is 1. The molecule has 1 aromatic carbocycles. The summed E-state index contributed by atoms with van der Waals surface area (Å²) < 4.78 is 0. The highest BCUT2D eigenvalue weighted by Gasteiger charge is 2.38. The van der Waals surface area contributed by atoms with Crippen molar-refractivity contribution in [2.24, 2.45) is 5.73 Å². The minimum atomic E-state index is -0.439. The number of halogens is 1. The molecule has 1 atom stereocenters. The molecule has 1 fully saturated rings. The summed E-state index contributed by atoms with van der Waals surface area (Å²) in [5.41, 5.74) is 6.80. The van der Waals surface area contributed by atoms with E-state index in [1.54, 1.807) is 15.2 Å². The maximum atomic E-state index is 12.8. The number of carbonyl (C=O) groups excluding carboxylic acids is 2. The fourth-order valence-corrected chi connectivity index (χ4v) is 3.62. The van der Waals surface area contributed by atoms with Gasteiger partial charge in [0.25, 0.3) is 5.91 Å². The number of aromatic nitrogens is 1. The van der Waals surface area contributed by atoms with Gasteiger partial charge in [-0.2, -0.15) is 0 Å². The molecule has 6 nitrogen and oxygen atoms in total. The van der Waals surface area contributed by atoms with Gasteiger partial charge in [-0.3, -0.25) is 9.59 Å². The molecule has 2 aromatic rings. The van der Waals surface area contributed by atoms with Gasteiger partial charge in [-0.05, 0) is 25.5 Å². The Balaban J connectivity index is 0.00000225. The van der Waals surface area contributed by atoms with E-state index < -0.39 is 6.04 Å². The predicted octanol–water partition coefficient (Wildman–Crippen LogP) is 2.29. The molecule has 2 amide bonds. The number of amides is 2. The number of para-hydroxylation sites is 1. The minimum Gasteiger partial charge on any atom is -0.325 e. The Morgan fingerprint density at radius 3 is 2.72 bits per heavy atom. The van der Waals surface area contributed by atoms with Crippen LogP contribution < -0.4 is 10.6 Å². The topological polar surface area (TPSA) is 79.5 Å². The fourth-order valence-electron chi connectivity index (χ4n) is 2.97. The molecule has 3 rings (SSSR count).